The van der Waals surface area contributed by atoms with Crippen molar-refractivity contribution in [1.29, 1.82) is 0 Å². The van der Waals surface area contributed by atoms with Crippen LogP contribution in [-0.2, 0) is 9.59 Å². The van der Waals surface area contributed by atoms with Gasteiger partial charge in [-0.2, -0.15) is 0 Å². The number of likely N-dealkylation sites (tertiary alicyclic amines) is 1. The van der Waals surface area contributed by atoms with E-state index in [1.165, 1.54) is 0 Å². The molecular weight excluding hydrogens is 290 g/mol. The minimum Gasteiger partial charge on any atom is -0.346 e. The minimum atomic E-state index is -0.946. The van der Waals surface area contributed by atoms with Gasteiger partial charge in [0, 0.05) is 18.8 Å². The molecule has 9 heteroatoms. The molecule has 120 valence electrons. The molecule has 1 saturated heterocycles. The van der Waals surface area contributed by atoms with E-state index in [1.807, 2.05) is 4.98 Å². The highest BCUT2D eigenvalue weighted by molar-refractivity contribution is 6.39. The van der Waals surface area contributed by atoms with Crippen LogP contribution in [0.5, 0.6) is 0 Å². The molecule has 1 fully saturated rings. The Bertz CT molecular complexity index is 665. The van der Waals surface area contributed by atoms with Gasteiger partial charge in [0.1, 0.15) is 5.69 Å². The molecule has 1 aliphatic heterocycles. The lowest BCUT2D eigenvalue weighted by Crippen LogP contribution is -2.44. The zero-order valence-electron chi connectivity index (χ0n) is 12.3. The Morgan fingerprint density at radius 3 is 2.82 bits per heavy atom. The Morgan fingerprint density at radius 2 is 2.14 bits per heavy atom. The lowest BCUT2D eigenvalue weighted by Gasteiger charge is -2.22. The second-order valence-electron chi connectivity index (χ2n) is 5.07. The van der Waals surface area contributed by atoms with Crippen molar-refractivity contribution in [2.24, 2.45) is 0 Å². The third-order valence-electron chi connectivity index (χ3n) is 3.68. The first kappa shape index (κ1) is 16.0. The molecule has 1 aliphatic rings. The van der Waals surface area contributed by atoms with E-state index in [-0.39, 0.29) is 11.7 Å². The van der Waals surface area contributed by atoms with Gasteiger partial charge in [-0.25, -0.2) is 4.79 Å². The number of aromatic amines is 2. The maximum Gasteiger partial charge on any atom is 0.325 e. The van der Waals surface area contributed by atoms with Gasteiger partial charge in [0.05, 0.1) is 0 Å². The van der Waals surface area contributed by atoms with Gasteiger partial charge in [0.15, 0.2) is 0 Å². The van der Waals surface area contributed by atoms with Crippen LogP contribution in [0, 0.1) is 0 Å². The number of aromatic nitrogens is 2. The highest BCUT2D eigenvalue weighted by Crippen LogP contribution is 2.15. The second kappa shape index (κ2) is 7.03. The van der Waals surface area contributed by atoms with Crippen LogP contribution < -0.4 is 21.9 Å². The standard InChI is InChI=1S/C13H19N5O4/c1-2-18-5-3-4-8(18)6-14-11(20)12(21)16-9-7-15-13(22)17-10(9)19/h7-8H,2-6H2,1H3,(H,14,20)(H,16,21)(H2,15,17,19,22)/t8-/m1/s1. The molecule has 22 heavy (non-hydrogen) atoms. The summed E-state index contributed by atoms with van der Waals surface area (Å²) in [7, 11) is 0. The van der Waals surface area contributed by atoms with Crippen molar-refractivity contribution in [2.75, 3.05) is 25.0 Å². The van der Waals surface area contributed by atoms with E-state index < -0.39 is 23.1 Å². The molecule has 0 unspecified atom stereocenters. The van der Waals surface area contributed by atoms with Crippen LogP contribution in [0.1, 0.15) is 19.8 Å². The number of nitrogens with one attached hydrogen (secondary N) is 4. The molecule has 9 nitrogen and oxygen atoms in total. The Labute approximate surface area is 126 Å². The number of carbonyl (C=O) groups is 2. The topological polar surface area (TPSA) is 127 Å². The van der Waals surface area contributed by atoms with Crippen molar-refractivity contribution >= 4 is 17.5 Å². The SMILES string of the molecule is CCN1CCC[C@@H]1CNC(=O)C(=O)Nc1c[nH]c(=O)[nH]c1=O. The number of amides is 2. The summed E-state index contributed by atoms with van der Waals surface area (Å²) in [5, 5.41) is 4.72. The molecule has 1 aromatic rings. The molecule has 2 amide bonds. The molecule has 0 bridgehead atoms. The van der Waals surface area contributed by atoms with E-state index in [0.717, 1.165) is 32.1 Å². The zero-order valence-corrected chi connectivity index (χ0v) is 12.3. The minimum absolute atomic E-state index is 0.184. The fraction of sp³-hybridized carbons (Fsp3) is 0.538. The van der Waals surface area contributed by atoms with Gasteiger partial charge in [0.25, 0.3) is 5.56 Å². The molecule has 0 aliphatic carbocycles. The van der Waals surface area contributed by atoms with Gasteiger partial charge in [0.2, 0.25) is 0 Å². The molecule has 0 spiro atoms. The number of H-pyrrole nitrogens is 2. The zero-order chi connectivity index (χ0) is 16.1. The predicted molar refractivity (Wildman–Crippen MR) is 79.6 cm³/mol. The van der Waals surface area contributed by atoms with E-state index >= 15 is 0 Å². The van der Waals surface area contributed by atoms with E-state index in [4.69, 9.17) is 0 Å². The molecule has 0 saturated carbocycles. The number of carbonyl (C=O) groups excluding carboxylic acids is 2. The maximum absolute atomic E-state index is 11.8. The van der Waals surface area contributed by atoms with Crippen LogP contribution in [0.2, 0.25) is 0 Å². The van der Waals surface area contributed by atoms with Crippen LogP contribution in [-0.4, -0.2) is 52.4 Å². The first-order valence-electron chi connectivity index (χ1n) is 7.16. The van der Waals surface area contributed by atoms with Gasteiger partial charge in [-0.3, -0.25) is 24.3 Å². The number of rotatable bonds is 4. The smallest absolute Gasteiger partial charge is 0.325 e. The van der Waals surface area contributed by atoms with Crippen molar-refractivity contribution in [3.8, 4) is 0 Å². The van der Waals surface area contributed by atoms with Gasteiger partial charge < -0.3 is 15.6 Å². The molecule has 4 N–H and O–H groups in total. The first-order chi connectivity index (χ1) is 10.5. The van der Waals surface area contributed by atoms with E-state index in [2.05, 4.69) is 27.4 Å². The number of hydrogen-bond donors (Lipinski definition) is 4. The second-order valence-corrected chi connectivity index (χ2v) is 5.07. The van der Waals surface area contributed by atoms with Gasteiger partial charge in [-0.15, -0.1) is 0 Å². The van der Waals surface area contributed by atoms with Crippen LogP contribution in [0.25, 0.3) is 0 Å². The first-order valence-corrected chi connectivity index (χ1v) is 7.16. The summed E-state index contributed by atoms with van der Waals surface area (Å²) >= 11 is 0. The maximum atomic E-state index is 11.8. The van der Waals surface area contributed by atoms with E-state index in [0.29, 0.717) is 6.54 Å². The summed E-state index contributed by atoms with van der Waals surface area (Å²) in [4.78, 5) is 52.2. The highest BCUT2D eigenvalue weighted by Gasteiger charge is 2.24. The van der Waals surface area contributed by atoms with Crippen molar-refractivity contribution in [1.82, 2.24) is 20.2 Å². The monoisotopic (exact) mass is 309 g/mol. The van der Waals surface area contributed by atoms with Gasteiger partial charge >= 0.3 is 17.5 Å². The molecule has 1 atom stereocenters. The molecule has 2 rings (SSSR count). The predicted octanol–water partition coefficient (Wildman–Crippen LogP) is -1.40. The summed E-state index contributed by atoms with van der Waals surface area (Å²) in [6, 6.07) is 0.234. The third kappa shape index (κ3) is 3.82. The van der Waals surface area contributed by atoms with Gasteiger partial charge in [-0.05, 0) is 25.9 Å². The number of anilines is 1. The molecular formula is C13H19N5O4. The molecule has 0 radical (unpaired) electrons. The normalized spacial score (nSPS) is 18.1. The Morgan fingerprint density at radius 1 is 1.36 bits per heavy atom. The number of likely N-dealkylation sites (N-methyl/N-ethyl adjacent to an activating group) is 1. The van der Waals surface area contributed by atoms with Crippen LogP contribution in [0.4, 0.5) is 5.69 Å². The summed E-state index contributed by atoms with van der Waals surface area (Å²) in [6.45, 7) is 4.34. The lowest BCUT2D eigenvalue weighted by atomic mass is 10.2. The summed E-state index contributed by atoms with van der Waals surface area (Å²) < 4.78 is 0. The van der Waals surface area contributed by atoms with Crippen molar-refractivity contribution in [2.45, 2.75) is 25.8 Å². The van der Waals surface area contributed by atoms with Crippen molar-refractivity contribution in [3.05, 3.63) is 27.0 Å². The average Bonchev–Trinajstić information content (AvgIpc) is 2.95. The fourth-order valence-electron chi connectivity index (χ4n) is 2.52. The molecule has 1 aromatic heterocycles. The van der Waals surface area contributed by atoms with E-state index in [9.17, 15) is 19.2 Å². The third-order valence-corrected chi connectivity index (χ3v) is 3.68. The van der Waals surface area contributed by atoms with Crippen LogP contribution in [0.3, 0.4) is 0 Å². The van der Waals surface area contributed by atoms with E-state index in [1.54, 1.807) is 0 Å². The quantitative estimate of drug-likeness (QED) is 0.509. The molecule has 2 heterocycles. The number of nitrogens with zero attached hydrogens (tertiary/aromatic N) is 1. The summed E-state index contributed by atoms with van der Waals surface area (Å²) in [5.74, 6) is -1.76. The largest absolute Gasteiger partial charge is 0.346 e. The van der Waals surface area contributed by atoms with Crippen LogP contribution >= 0.6 is 0 Å². The Hall–Kier alpha value is -2.42. The molecule has 0 aromatic carbocycles. The summed E-state index contributed by atoms with van der Waals surface area (Å²) in [5.41, 5.74) is -1.64. The lowest BCUT2D eigenvalue weighted by molar-refractivity contribution is -0.136. The van der Waals surface area contributed by atoms with Crippen molar-refractivity contribution < 1.29 is 9.59 Å². The fourth-order valence-corrected chi connectivity index (χ4v) is 2.52. The highest BCUT2D eigenvalue weighted by atomic mass is 16.2. The van der Waals surface area contributed by atoms with Gasteiger partial charge in [-0.1, -0.05) is 6.92 Å². The Kier molecular flexibility index (Phi) is 5.10. The Balaban J connectivity index is 1.88. The van der Waals surface area contributed by atoms with Crippen LogP contribution in [0.15, 0.2) is 15.8 Å². The number of hydrogen-bond acceptors (Lipinski definition) is 5. The summed E-state index contributed by atoms with van der Waals surface area (Å²) in [6.07, 6.45) is 3.10. The van der Waals surface area contributed by atoms with Crippen molar-refractivity contribution in [3.63, 3.8) is 0 Å². The average molecular weight is 309 g/mol.